The van der Waals surface area contributed by atoms with Gasteiger partial charge in [0.15, 0.2) is 0 Å². The third-order valence-electron chi connectivity index (χ3n) is 2.86. The lowest BCUT2D eigenvalue weighted by Gasteiger charge is -2.23. The minimum atomic E-state index is -4.05. The van der Waals surface area contributed by atoms with Crippen molar-refractivity contribution >= 4 is 0 Å². The van der Waals surface area contributed by atoms with Crippen molar-refractivity contribution in [1.82, 2.24) is 10.2 Å². The number of alkyl halides is 3. The highest BCUT2D eigenvalue weighted by molar-refractivity contribution is 4.87. The van der Waals surface area contributed by atoms with Crippen molar-refractivity contribution in [3.05, 3.63) is 0 Å². The number of hydrogen-bond donors (Lipinski definition) is 1. The van der Waals surface area contributed by atoms with E-state index in [1.54, 1.807) is 4.90 Å². The predicted octanol–water partition coefficient (Wildman–Crippen LogP) is 1.77. The zero-order chi connectivity index (χ0) is 10.9. The lowest BCUT2D eigenvalue weighted by Crippen LogP contribution is -2.40. The van der Waals surface area contributed by atoms with Crippen LogP contribution in [0.1, 0.15) is 25.7 Å². The summed E-state index contributed by atoms with van der Waals surface area (Å²) in [6, 6.07) is 0.768. The minimum Gasteiger partial charge on any atom is -0.313 e. The topological polar surface area (TPSA) is 15.3 Å². The Hall–Kier alpha value is -0.290. The third-order valence-corrected chi connectivity index (χ3v) is 2.86. The molecule has 5 heteroatoms. The highest BCUT2D eigenvalue weighted by Gasteiger charge is 2.37. The highest BCUT2D eigenvalue weighted by Crippen LogP contribution is 2.29. The van der Waals surface area contributed by atoms with Gasteiger partial charge in [0.1, 0.15) is 0 Å². The summed E-state index contributed by atoms with van der Waals surface area (Å²) >= 11 is 0. The Morgan fingerprint density at radius 3 is 2.27 bits per heavy atom. The Balaban J connectivity index is 1.67. The second-order valence-electron chi connectivity index (χ2n) is 4.55. The predicted molar refractivity (Wildman–Crippen MR) is 51.7 cm³/mol. The first-order chi connectivity index (χ1) is 7.04. The van der Waals surface area contributed by atoms with Crippen LogP contribution in [-0.2, 0) is 0 Å². The van der Waals surface area contributed by atoms with Crippen molar-refractivity contribution in [2.24, 2.45) is 0 Å². The van der Waals surface area contributed by atoms with Gasteiger partial charge in [0.2, 0.25) is 0 Å². The molecule has 0 aromatic rings. The van der Waals surface area contributed by atoms with Crippen LogP contribution in [0.25, 0.3) is 0 Å². The summed E-state index contributed by atoms with van der Waals surface area (Å²) in [7, 11) is 0. The molecule has 0 aromatic carbocycles. The minimum absolute atomic E-state index is 0.188. The normalized spacial score (nSPS) is 22.4. The molecule has 2 aliphatic rings. The molecule has 0 bridgehead atoms. The Morgan fingerprint density at radius 1 is 1.13 bits per heavy atom. The van der Waals surface area contributed by atoms with Gasteiger partial charge < -0.3 is 5.32 Å². The second kappa shape index (κ2) is 4.29. The maximum Gasteiger partial charge on any atom is 0.401 e. The summed E-state index contributed by atoms with van der Waals surface area (Å²) in [5, 5.41) is 3.25. The summed E-state index contributed by atoms with van der Waals surface area (Å²) < 4.78 is 36.7. The van der Waals surface area contributed by atoms with Gasteiger partial charge in [0.05, 0.1) is 6.54 Å². The molecule has 0 aromatic heterocycles. The van der Waals surface area contributed by atoms with Gasteiger partial charge in [-0.1, -0.05) is 0 Å². The zero-order valence-electron chi connectivity index (χ0n) is 8.69. The molecule has 0 aliphatic heterocycles. The monoisotopic (exact) mass is 222 g/mol. The maximum atomic E-state index is 12.2. The molecular formula is C10H17F3N2. The molecule has 0 saturated heterocycles. The Bertz CT molecular complexity index is 209. The van der Waals surface area contributed by atoms with Crippen LogP contribution < -0.4 is 5.32 Å². The summed E-state index contributed by atoms with van der Waals surface area (Å²) in [6.07, 6.45) is 0.173. The molecule has 0 amide bonds. The van der Waals surface area contributed by atoms with Crippen molar-refractivity contribution < 1.29 is 13.2 Å². The molecule has 2 aliphatic carbocycles. The molecular weight excluding hydrogens is 205 g/mol. The van der Waals surface area contributed by atoms with Gasteiger partial charge in [-0.3, -0.25) is 4.90 Å². The fraction of sp³-hybridized carbons (Fsp3) is 1.00. The van der Waals surface area contributed by atoms with Crippen molar-refractivity contribution in [3.8, 4) is 0 Å². The lowest BCUT2D eigenvalue weighted by atomic mass is 10.4. The number of hydrogen-bond acceptors (Lipinski definition) is 2. The molecule has 1 N–H and O–H groups in total. The van der Waals surface area contributed by atoms with E-state index in [9.17, 15) is 13.2 Å². The van der Waals surface area contributed by atoms with E-state index in [1.807, 2.05) is 0 Å². The third kappa shape index (κ3) is 4.38. The molecule has 0 atom stereocenters. The Kier molecular flexibility index (Phi) is 3.21. The highest BCUT2D eigenvalue weighted by atomic mass is 19.4. The quantitative estimate of drug-likeness (QED) is 0.736. The van der Waals surface area contributed by atoms with Gasteiger partial charge in [-0.05, 0) is 25.7 Å². The van der Waals surface area contributed by atoms with Gasteiger partial charge in [-0.2, -0.15) is 13.2 Å². The number of rotatable bonds is 6. The Morgan fingerprint density at radius 2 is 1.80 bits per heavy atom. The molecule has 0 unspecified atom stereocenters. The lowest BCUT2D eigenvalue weighted by molar-refractivity contribution is -0.147. The van der Waals surface area contributed by atoms with Crippen LogP contribution in [0, 0.1) is 0 Å². The van der Waals surface area contributed by atoms with Crippen LogP contribution in [-0.4, -0.2) is 42.8 Å². The molecule has 15 heavy (non-hydrogen) atoms. The van der Waals surface area contributed by atoms with E-state index in [4.69, 9.17) is 0 Å². The first kappa shape index (κ1) is 11.2. The van der Waals surface area contributed by atoms with Crippen LogP contribution in [0.2, 0.25) is 0 Å². The zero-order valence-corrected chi connectivity index (χ0v) is 8.69. The number of halogens is 3. The van der Waals surface area contributed by atoms with Gasteiger partial charge in [0.25, 0.3) is 0 Å². The number of nitrogens with zero attached hydrogens (tertiary/aromatic N) is 1. The fourth-order valence-electron chi connectivity index (χ4n) is 1.76. The van der Waals surface area contributed by atoms with E-state index < -0.39 is 12.7 Å². The average molecular weight is 222 g/mol. The SMILES string of the molecule is FC(F)(F)CN(CCNC1CC1)C1CC1. The molecule has 2 nitrogen and oxygen atoms in total. The largest absolute Gasteiger partial charge is 0.401 e. The first-order valence-corrected chi connectivity index (χ1v) is 5.59. The molecule has 2 rings (SSSR count). The van der Waals surface area contributed by atoms with Gasteiger partial charge >= 0.3 is 6.18 Å². The maximum absolute atomic E-state index is 12.2. The summed E-state index contributed by atoms with van der Waals surface area (Å²) in [5.74, 6) is 0. The van der Waals surface area contributed by atoms with Gasteiger partial charge in [-0.25, -0.2) is 0 Å². The average Bonchev–Trinajstić information content (AvgIpc) is 2.97. The molecule has 2 saturated carbocycles. The summed E-state index contributed by atoms with van der Waals surface area (Å²) in [5.41, 5.74) is 0. The molecule has 0 heterocycles. The van der Waals surface area contributed by atoms with Crippen LogP contribution in [0.3, 0.4) is 0 Å². The summed E-state index contributed by atoms with van der Waals surface area (Å²) in [6.45, 7) is 0.474. The van der Waals surface area contributed by atoms with Crippen molar-refractivity contribution in [2.45, 2.75) is 43.9 Å². The smallest absolute Gasteiger partial charge is 0.313 e. The van der Waals surface area contributed by atoms with Crippen molar-refractivity contribution in [1.29, 1.82) is 0 Å². The number of nitrogens with one attached hydrogen (secondary N) is 1. The first-order valence-electron chi connectivity index (χ1n) is 5.59. The summed E-state index contributed by atoms with van der Waals surface area (Å²) in [4.78, 5) is 1.56. The van der Waals surface area contributed by atoms with E-state index in [1.165, 1.54) is 12.8 Å². The Labute approximate surface area is 87.8 Å². The fourth-order valence-corrected chi connectivity index (χ4v) is 1.76. The molecule has 88 valence electrons. The van der Waals surface area contributed by atoms with Crippen LogP contribution >= 0.6 is 0 Å². The van der Waals surface area contributed by atoms with Gasteiger partial charge in [-0.15, -0.1) is 0 Å². The van der Waals surface area contributed by atoms with Crippen LogP contribution in [0.4, 0.5) is 13.2 Å². The van der Waals surface area contributed by atoms with E-state index in [0.29, 0.717) is 19.1 Å². The van der Waals surface area contributed by atoms with Crippen molar-refractivity contribution in [2.75, 3.05) is 19.6 Å². The van der Waals surface area contributed by atoms with E-state index in [-0.39, 0.29) is 6.04 Å². The molecule has 0 radical (unpaired) electrons. The van der Waals surface area contributed by atoms with Crippen molar-refractivity contribution in [3.63, 3.8) is 0 Å². The van der Waals surface area contributed by atoms with E-state index >= 15 is 0 Å². The van der Waals surface area contributed by atoms with Crippen LogP contribution in [0.15, 0.2) is 0 Å². The molecule has 0 spiro atoms. The van der Waals surface area contributed by atoms with E-state index in [0.717, 1.165) is 12.8 Å². The second-order valence-corrected chi connectivity index (χ2v) is 4.55. The van der Waals surface area contributed by atoms with Gasteiger partial charge in [0, 0.05) is 25.2 Å². The van der Waals surface area contributed by atoms with E-state index in [2.05, 4.69) is 5.32 Å². The molecule has 2 fully saturated rings. The van der Waals surface area contributed by atoms with Crippen LogP contribution in [0.5, 0.6) is 0 Å². The standard InChI is InChI=1S/C10H17F3N2/c11-10(12,13)7-15(9-3-4-9)6-5-14-8-1-2-8/h8-9,14H,1-7H2.